The van der Waals surface area contributed by atoms with Crippen molar-refractivity contribution in [3.05, 3.63) is 64.0 Å². The SMILES string of the molecule is CC[C@H](C)Oc1ccccc1/C=C1/SC(=O)N(CC(=O)Nc2ccc(Cl)cc2)C1=O. The molecule has 1 fully saturated rings. The molecule has 6 nitrogen and oxygen atoms in total. The van der Waals surface area contributed by atoms with E-state index in [1.807, 2.05) is 38.1 Å². The van der Waals surface area contributed by atoms with Crippen LogP contribution in [0.2, 0.25) is 5.02 Å². The number of hydrogen-bond acceptors (Lipinski definition) is 5. The fourth-order valence-corrected chi connectivity index (χ4v) is 3.62. The Kier molecular flexibility index (Phi) is 7.18. The smallest absolute Gasteiger partial charge is 0.294 e. The van der Waals surface area contributed by atoms with Crippen molar-refractivity contribution in [2.45, 2.75) is 26.4 Å². The molecule has 1 aliphatic rings. The van der Waals surface area contributed by atoms with Gasteiger partial charge in [0.15, 0.2) is 0 Å². The van der Waals surface area contributed by atoms with Crippen molar-refractivity contribution in [2.75, 3.05) is 11.9 Å². The summed E-state index contributed by atoms with van der Waals surface area (Å²) in [5.74, 6) is -0.338. The van der Waals surface area contributed by atoms with Gasteiger partial charge in [-0.25, -0.2) is 0 Å². The van der Waals surface area contributed by atoms with Crippen LogP contribution in [-0.4, -0.2) is 34.6 Å². The van der Waals surface area contributed by atoms with Crippen LogP contribution in [-0.2, 0) is 9.59 Å². The van der Waals surface area contributed by atoms with Gasteiger partial charge in [0, 0.05) is 16.3 Å². The van der Waals surface area contributed by atoms with E-state index in [4.69, 9.17) is 16.3 Å². The molecule has 156 valence electrons. The first-order valence-corrected chi connectivity index (χ1v) is 10.6. The summed E-state index contributed by atoms with van der Waals surface area (Å²) in [5, 5.41) is 2.70. The van der Waals surface area contributed by atoms with Crippen LogP contribution in [0.3, 0.4) is 0 Å². The Labute approximate surface area is 184 Å². The molecule has 3 rings (SSSR count). The maximum absolute atomic E-state index is 12.7. The lowest BCUT2D eigenvalue weighted by molar-refractivity contribution is -0.127. The van der Waals surface area contributed by atoms with E-state index < -0.39 is 17.1 Å². The number of carbonyl (C=O) groups excluding carboxylic acids is 3. The number of anilines is 1. The largest absolute Gasteiger partial charge is 0.490 e. The van der Waals surface area contributed by atoms with Crippen molar-refractivity contribution in [3.8, 4) is 5.75 Å². The number of thioether (sulfide) groups is 1. The summed E-state index contributed by atoms with van der Waals surface area (Å²) in [5.41, 5.74) is 1.23. The van der Waals surface area contributed by atoms with Gasteiger partial charge >= 0.3 is 0 Å². The normalized spacial score (nSPS) is 16.1. The van der Waals surface area contributed by atoms with E-state index >= 15 is 0 Å². The third-order valence-electron chi connectivity index (χ3n) is 4.41. The Morgan fingerprint density at radius 2 is 1.90 bits per heavy atom. The third-order valence-corrected chi connectivity index (χ3v) is 5.57. The second-order valence-electron chi connectivity index (χ2n) is 6.70. The number of amides is 3. The Bertz CT molecular complexity index is 991. The predicted octanol–water partition coefficient (Wildman–Crippen LogP) is 5.19. The first kappa shape index (κ1) is 21.9. The van der Waals surface area contributed by atoms with Crippen molar-refractivity contribution in [1.29, 1.82) is 0 Å². The fraction of sp³-hybridized carbons (Fsp3) is 0.227. The van der Waals surface area contributed by atoms with Gasteiger partial charge in [-0.05, 0) is 61.5 Å². The number of nitrogens with zero attached hydrogens (tertiary/aromatic N) is 1. The molecule has 0 radical (unpaired) electrons. The first-order valence-electron chi connectivity index (χ1n) is 9.44. The standard InChI is InChI=1S/C22H21ClN2O4S/c1-3-14(2)29-18-7-5-4-6-15(18)12-19-21(27)25(22(28)30-19)13-20(26)24-17-10-8-16(23)9-11-17/h4-12,14H,3,13H2,1-2H3,(H,24,26)/b19-12+/t14-/m0/s1. The highest BCUT2D eigenvalue weighted by molar-refractivity contribution is 8.18. The second kappa shape index (κ2) is 9.82. The highest BCUT2D eigenvalue weighted by Crippen LogP contribution is 2.34. The van der Waals surface area contributed by atoms with E-state index in [0.29, 0.717) is 22.0 Å². The van der Waals surface area contributed by atoms with Gasteiger partial charge in [0.05, 0.1) is 11.0 Å². The summed E-state index contributed by atoms with van der Waals surface area (Å²) >= 11 is 6.63. The second-order valence-corrected chi connectivity index (χ2v) is 8.13. The van der Waals surface area contributed by atoms with Gasteiger partial charge in [-0.1, -0.05) is 36.7 Å². The molecule has 8 heteroatoms. The number of hydrogen-bond donors (Lipinski definition) is 1. The zero-order valence-electron chi connectivity index (χ0n) is 16.6. The Hall–Kier alpha value is -2.77. The van der Waals surface area contributed by atoms with Crippen LogP contribution < -0.4 is 10.1 Å². The lowest BCUT2D eigenvalue weighted by Crippen LogP contribution is -2.36. The number of benzene rings is 2. The molecule has 0 unspecified atom stereocenters. The molecular formula is C22H21ClN2O4S. The molecule has 0 spiro atoms. The van der Waals surface area contributed by atoms with Crippen molar-refractivity contribution in [2.24, 2.45) is 0 Å². The van der Waals surface area contributed by atoms with Gasteiger partial charge in [0.25, 0.3) is 11.1 Å². The van der Waals surface area contributed by atoms with E-state index in [0.717, 1.165) is 23.1 Å². The van der Waals surface area contributed by atoms with Crippen molar-refractivity contribution in [1.82, 2.24) is 4.90 Å². The van der Waals surface area contributed by atoms with Crippen LogP contribution in [0, 0.1) is 0 Å². The molecule has 2 aromatic rings. The molecule has 1 atom stereocenters. The zero-order valence-corrected chi connectivity index (χ0v) is 18.1. The minimum absolute atomic E-state index is 0.0196. The number of nitrogens with one attached hydrogen (secondary N) is 1. The Morgan fingerprint density at radius 3 is 2.60 bits per heavy atom. The fourth-order valence-electron chi connectivity index (χ4n) is 2.66. The average Bonchev–Trinajstić information content (AvgIpc) is 2.98. The number of para-hydroxylation sites is 1. The Morgan fingerprint density at radius 1 is 1.20 bits per heavy atom. The van der Waals surface area contributed by atoms with E-state index in [1.54, 1.807) is 30.3 Å². The quantitative estimate of drug-likeness (QED) is 0.594. The van der Waals surface area contributed by atoms with Gasteiger partial charge < -0.3 is 10.1 Å². The summed E-state index contributed by atoms with van der Waals surface area (Å²) in [4.78, 5) is 38.5. The molecule has 1 aliphatic heterocycles. The maximum Gasteiger partial charge on any atom is 0.294 e. The molecular weight excluding hydrogens is 424 g/mol. The molecule has 0 bridgehead atoms. The predicted molar refractivity (Wildman–Crippen MR) is 120 cm³/mol. The van der Waals surface area contributed by atoms with Gasteiger partial charge in [0.2, 0.25) is 5.91 Å². The van der Waals surface area contributed by atoms with E-state index in [-0.39, 0.29) is 17.6 Å². The zero-order chi connectivity index (χ0) is 21.7. The Balaban J connectivity index is 1.71. The highest BCUT2D eigenvalue weighted by atomic mass is 35.5. The van der Waals surface area contributed by atoms with E-state index in [1.165, 1.54) is 0 Å². The lowest BCUT2D eigenvalue weighted by atomic mass is 10.1. The average molecular weight is 445 g/mol. The molecule has 3 amide bonds. The van der Waals surface area contributed by atoms with Crippen LogP contribution in [0.1, 0.15) is 25.8 Å². The third kappa shape index (κ3) is 5.43. The van der Waals surface area contributed by atoms with Gasteiger partial charge in [-0.2, -0.15) is 0 Å². The monoisotopic (exact) mass is 444 g/mol. The number of halogens is 1. The number of rotatable bonds is 7. The number of imide groups is 1. The van der Waals surface area contributed by atoms with Gasteiger partial charge in [-0.3, -0.25) is 19.3 Å². The molecule has 30 heavy (non-hydrogen) atoms. The molecule has 1 heterocycles. The van der Waals surface area contributed by atoms with Crippen LogP contribution in [0.15, 0.2) is 53.4 Å². The molecule has 2 aromatic carbocycles. The molecule has 1 saturated heterocycles. The van der Waals surface area contributed by atoms with Crippen molar-refractivity contribution >= 4 is 52.2 Å². The summed E-state index contributed by atoms with van der Waals surface area (Å²) in [6.45, 7) is 3.62. The minimum Gasteiger partial charge on any atom is -0.490 e. The summed E-state index contributed by atoms with van der Waals surface area (Å²) in [6, 6.07) is 13.9. The van der Waals surface area contributed by atoms with Crippen LogP contribution >= 0.6 is 23.4 Å². The topological polar surface area (TPSA) is 75.7 Å². The van der Waals surface area contributed by atoms with Gasteiger partial charge in [-0.15, -0.1) is 0 Å². The van der Waals surface area contributed by atoms with Crippen molar-refractivity contribution < 1.29 is 19.1 Å². The van der Waals surface area contributed by atoms with Gasteiger partial charge in [0.1, 0.15) is 12.3 Å². The molecule has 0 saturated carbocycles. The summed E-state index contributed by atoms with van der Waals surface area (Å²) < 4.78 is 5.90. The number of ether oxygens (including phenoxy) is 1. The highest BCUT2D eigenvalue weighted by Gasteiger charge is 2.36. The van der Waals surface area contributed by atoms with Crippen molar-refractivity contribution in [3.63, 3.8) is 0 Å². The molecule has 0 aromatic heterocycles. The lowest BCUT2D eigenvalue weighted by Gasteiger charge is -2.15. The molecule has 0 aliphatic carbocycles. The first-order chi connectivity index (χ1) is 14.4. The van der Waals surface area contributed by atoms with E-state index in [2.05, 4.69) is 5.32 Å². The van der Waals surface area contributed by atoms with Crippen LogP contribution in [0.25, 0.3) is 6.08 Å². The number of carbonyl (C=O) groups is 3. The van der Waals surface area contributed by atoms with E-state index in [9.17, 15) is 14.4 Å². The maximum atomic E-state index is 12.7. The molecule has 1 N–H and O–H groups in total. The van der Waals surface area contributed by atoms with Crippen LogP contribution in [0.5, 0.6) is 5.75 Å². The summed E-state index contributed by atoms with van der Waals surface area (Å²) in [6.07, 6.45) is 2.49. The summed E-state index contributed by atoms with van der Waals surface area (Å²) in [7, 11) is 0. The minimum atomic E-state index is -0.505. The van der Waals surface area contributed by atoms with Crippen LogP contribution in [0.4, 0.5) is 10.5 Å².